The van der Waals surface area contributed by atoms with Crippen molar-refractivity contribution in [3.05, 3.63) is 33.9 Å². The number of nitro groups is 1. The zero-order chi connectivity index (χ0) is 10.9. The maximum Gasteiger partial charge on any atom is 0.423 e. The van der Waals surface area contributed by atoms with Gasteiger partial charge in [0.1, 0.15) is 5.56 Å². The van der Waals surface area contributed by atoms with E-state index in [2.05, 4.69) is 4.98 Å². The molecule has 0 aliphatic carbocycles. The molecule has 0 saturated carbocycles. The normalized spacial score (nSPS) is 11.4. The van der Waals surface area contributed by atoms with E-state index in [9.17, 15) is 27.7 Å². The number of hydrogen-bond acceptors (Lipinski definition) is 3. The molecule has 0 amide bonds. The molecule has 0 aliphatic heterocycles. The van der Waals surface area contributed by atoms with Gasteiger partial charge in [-0.1, -0.05) is 0 Å². The molecular formula is C6H2F4N2O2. The topological polar surface area (TPSA) is 56.0 Å². The molecule has 1 aromatic rings. The first-order valence-corrected chi connectivity index (χ1v) is 3.20. The standard InChI is InChI=1S/C6H2F4N2O2/c7-5-4(12(13)14)3(1-2-11-5)6(8,9)10/h1-2H. The maximum absolute atomic E-state index is 12.6. The van der Waals surface area contributed by atoms with Gasteiger partial charge in [0.15, 0.2) is 0 Å². The Morgan fingerprint density at radius 1 is 1.43 bits per heavy atom. The molecule has 0 N–H and O–H groups in total. The first-order chi connectivity index (χ1) is 6.34. The van der Waals surface area contributed by atoms with Crippen LogP contribution in [0.1, 0.15) is 5.56 Å². The van der Waals surface area contributed by atoms with Crippen LogP contribution in [0.3, 0.4) is 0 Å². The molecule has 76 valence electrons. The van der Waals surface area contributed by atoms with Crippen LogP contribution in [0.15, 0.2) is 12.3 Å². The number of alkyl halides is 3. The Labute approximate surface area is 74.3 Å². The van der Waals surface area contributed by atoms with Crippen LogP contribution in [-0.4, -0.2) is 9.91 Å². The summed E-state index contributed by atoms with van der Waals surface area (Å²) in [7, 11) is 0. The van der Waals surface area contributed by atoms with Crippen molar-refractivity contribution >= 4 is 5.69 Å². The van der Waals surface area contributed by atoms with E-state index in [0.717, 1.165) is 0 Å². The summed E-state index contributed by atoms with van der Waals surface area (Å²) in [6.07, 6.45) is -4.45. The van der Waals surface area contributed by atoms with E-state index in [4.69, 9.17) is 0 Å². The van der Waals surface area contributed by atoms with Gasteiger partial charge in [-0.2, -0.15) is 17.6 Å². The fourth-order valence-electron chi connectivity index (χ4n) is 0.831. The smallest absolute Gasteiger partial charge is 0.258 e. The molecule has 1 rings (SSSR count). The molecule has 0 fully saturated rings. The molecule has 0 bridgehead atoms. The molecule has 0 radical (unpaired) electrons. The van der Waals surface area contributed by atoms with E-state index in [0.29, 0.717) is 12.3 Å². The minimum atomic E-state index is -4.97. The highest BCUT2D eigenvalue weighted by Gasteiger charge is 2.40. The van der Waals surface area contributed by atoms with Crippen molar-refractivity contribution in [2.45, 2.75) is 6.18 Å². The average molecular weight is 210 g/mol. The molecule has 0 aliphatic rings. The third-order valence-electron chi connectivity index (χ3n) is 1.37. The average Bonchev–Trinajstić information content (AvgIpc) is 2.01. The zero-order valence-electron chi connectivity index (χ0n) is 6.38. The van der Waals surface area contributed by atoms with Gasteiger partial charge in [0.25, 0.3) is 5.95 Å². The van der Waals surface area contributed by atoms with Crippen LogP contribution in [0.5, 0.6) is 0 Å². The van der Waals surface area contributed by atoms with Crippen LogP contribution in [0, 0.1) is 16.1 Å². The van der Waals surface area contributed by atoms with Gasteiger partial charge in [0.2, 0.25) is 0 Å². The van der Waals surface area contributed by atoms with Gasteiger partial charge >= 0.3 is 11.9 Å². The van der Waals surface area contributed by atoms with E-state index in [-0.39, 0.29) is 0 Å². The number of pyridine rings is 1. The van der Waals surface area contributed by atoms with Crippen LogP contribution < -0.4 is 0 Å². The van der Waals surface area contributed by atoms with Crippen LogP contribution in [0.4, 0.5) is 23.2 Å². The Balaban J connectivity index is 3.44. The predicted octanol–water partition coefficient (Wildman–Crippen LogP) is 2.15. The van der Waals surface area contributed by atoms with Crippen LogP contribution in [-0.2, 0) is 6.18 Å². The van der Waals surface area contributed by atoms with Crippen molar-refractivity contribution in [2.75, 3.05) is 0 Å². The van der Waals surface area contributed by atoms with Crippen LogP contribution in [0.2, 0.25) is 0 Å². The second-order valence-corrected chi connectivity index (χ2v) is 2.25. The minimum absolute atomic E-state index is 0.348. The molecule has 1 aromatic heterocycles. The second-order valence-electron chi connectivity index (χ2n) is 2.25. The van der Waals surface area contributed by atoms with Crippen molar-refractivity contribution in [3.63, 3.8) is 0 Å². The predicted molar refractivity (Wildman–Crippen MR) is 35.9 cm³/mol. The van der Waals surface area contributed by atoms with Gasteiger partial charge in [-0.15, -0.1) is 0 Å². The SMILES string of the molecule is O=[N+]([O-])c1c(C(F)(F)F)ccnc1F. The van der Waals surface area contributed by atoms with Gasteiger partial charge in [0, 0.05) is 6.20 Å². The molecular weight excluding hydrogens is 208 g/mol. The molecule has 4 nitrogen and oxygen atoms in total. The molecule has 1 heterocycles. The van der Waals surface area contributed by atoms with Crippen molar-refractivity contribution in [2.24, 2.45) is 0 Å². The summed E-state index contributed by atoms with van der Waals surface area (Å²) < 4.78 is 48.8. The summed E-state index contributed by atoms with van der Waals surface area (Å²) in [4.78, 5) is 11.4. The Hall–Kier alpha value is -1.73. The third kappa shape index (κ3) is 1.78. The van der Waals surface area contributed by atoms with Gasteiger partial charge in [-0.3, -0.25) is 10.1 Å². The fraction of sp³-hybridized carbons (Fsp3) is 0.167. The Morgan fingerprint density at radius 3 is 2.36 bits per heavy atom. The van der Waals surface area contributed by atoms with E-state index in [1.807, 2.05) is 0 Å². The number of hydrogen-bond donors (Lipinski definition) is 0. The third-order valence-corrected chi connectivity index (χ3v) is 1.37. The van der Waals surface area contributed by atoms with Crippen molar-refractivity contribution in [1.82, 2.24) is 4.98 Å². The summed E-state index contributed by atoms with van der Waals surface area (Å²) in [5.74, 6) is -1.75. The lowest BCUT2D eigenvalue weighted by atomic mass is 10.2. The van der Waals surface area contributed by atoms with Gasteiger partial charge in [-0.05, 0) is 6.07 Å². The summed E-state index contributed by atoms with van der Waals surface area (Å²) in [6, 6.07) is 0.348. The van der Waals surface area contributed by atoms with E-state index >= 15 is 0 Å². The number of nitrogens with zero attached hydrogens (tertiary/aromatic N) is 2. The molecule has 8 heteroatoms. The van der Waals surface area contributed by atoms with Crippen molar-refractivity contribution < 1.29 is 22.5 Å². The lowest BCUT2D eigenvalue weighted by Crippen LogP contribution is -2.11. The second kappa shape index (κ2) is 3.20. The maximum atomic E-state index is 12.6. The Morgan fingerprint density at radius 2 is 2.00 bits per heavy atom. The van der Waals surface area contributed by atoms with Gasteiger partial charge < -0.3 is 0 Å². The monoisotopic (exact) mass is 210 g/mol. The first kappa shape index (κ1) is 10.4. The summed E-state index contributed by atoms with van der Waals surface area (Å²) in [5.41, 5.74) is -3.30. The lowest BCUT2D eigenvalue weighted by molar-refractivity contribution is -0.391. The Bertz CT molecular complexity index is 377. The minimum Gasteiger partial charge on any atom is -0.258 e. The largest absolute Gasteiger partial charge is 0.423 e. The number of halogens is 4. The molecule has 0 unspecified atom stereocenters. The van der Waals surface area contributed by atoms with Gasteiger partial charge in [-0.25, -0.2) is 4.98 Å². The zero-order valence-corrected chi connectivity index (χ0v) is 6.38. The van der Waals surface area contributed by atoms with Crippen LogP contribution >= 0.6 is 0 Å². The van der Waals surface area contributed by atoms with Crippen molar-refractivity contribution in [1.29, 1.82) is 0 Å². The van der Waals surface area contributed by atoms with E-state index in [1.54, 1.807) is 0 Å². The number of aromatic nitrogens is 1. The molecule has 14 heavy (non-hydrogen) atoms. The highest BCUT2D eigenvalue weighted by atomic mass is 19.4. The quantitative estimate of drug-likeness (QED) is 0.309. The van der Waals surface area contributed by atoms with Crippen molar-refractivity contribution in [3.8, 4) is 0 Å². The van der Waals surface area contributed by atoms with E-state index < -0.39 is 28.3 Å². The van der Waals surface area contributed by atoms with Crippen LogP contribution in [0.25, 0.3) is 0 Å². The van der Waals surface area contributed by atoms with Gasteiger partial charge in [0.05, 0.1) is 4.92 Å². The fourth-order valence-corrected chi connectivity index (χ4v) is 0.831. The molecule has 0 saturated heterocycles. The summed E-state index contributed by atoms with van der Waals surface area (Å²) in [6.45, 7) is 0. The molecule has 0 aromatic carbocycles. The Kier molecular flexibility index (Phi) is 2.37. The highest BCUT2D eigenvalue weighted by molar-refractivity contribution is 5.40. The summed E-state index contributed by atoms with van der Waals surface area (Å²) in [5, 5.41) is 10.1. The first-order valence-electron chi connectivity index (χ1n) is 3.20. The van der Waals surface area contributed by atoms with E-state index in [1.165, 1.54) is 0 Å². The molecule has 0 atom stereocenters. The highest BCUT2D eigenvalue weighted by Crippen LogP contribution is 2.36. The molecule has 0 spiro atoms. The summed E-state index contributed by atoms with van der Waals surface area (Å²) >= 11 is 0. The lowest BCUT2D eigenvalue weighted by Gasteiger charge is -2.06. The number of rotatable bonds is 1.